The summed E-state index contributed by atoms with van der Waals surface area (Å²) < 4.78 is 0. The Bertz CT molecular complexity index is 431. The molecule has 0 saturated heterocycles. The van der Waals surface area contributed by atoms with Gasteiger partial charge in [0.05, 0.1) is 12.1 Å². The molecule has 0 aromatic heterocycles. The fourth-order valence-corrected chi connectivity index (χ4v) is 2.81. The maximum absolute atomic E-state index is 11.2. The Morgan fingerprint density at radius 3 is 2.72 bits per heavy atom. The number of aryl methyl sites for hydroxylation is 1. The van der Waals surface area contributed by atoms with E-state index < -0.39 is 0 Å². The summed E-state index contributed by atoms with van der Waals surface area (Å²) in [5, 5.41) is 10.1. The van der Waals surface area contributed by atoms with Crippen LogP contribution in [0.2, 0.25) is 0 Å². The highest BCUT2D eigenvalue weighted by molar-refractivity contribution is 5.85. The zero-order chi connectivity index (χ0) is 13.1. The van der Waals surface area contributed by atoms with Crippen molar-refractivity contribution < 1.29 is 9.90 Å². The minimum absolute atomic E-state index is 0.125. The molecular weight excluding hydrogens is 226 g/mol. The average molecular weight is 247 g/mol. The highest BCUT2D eigenvalue weighted by Crippen LogP contribution is 2.28. The van der Waals surface area contributed by atoms with Crippen LogP contribution in [0.5, 0.6) is 0 Å². The Morgan fingerprint density at radius 1 is 1.33 bits per heavy atom. The number of nitrogens with zero attached hydrogens (tertiary/aromatic N) is 1. The van der Waals surface area contributed by atoms with Gasteiger partial charge in [-0.25, -0.2) is 0 Å². The van der Waals surface area contributed by atoms with Crippen molar-refractivity contribution in [3.05, 3.63) is 29.3 Å². The number of anilines is 1. The third kappa shape index (κ3) is 2.56. The van der Waals surface area contributed by atoms with Gasteiger partial charge in [-0.15, -0.1) is 0 Å². The van der Waals surface area contributed by atoms with Gasteiger partial charge in [0.1, 0.15) is 0 Å². The van der Waals surface area contributed by atoms with Gasteiger partial charge in [0.2, 0.25) is 0 Å². The number of hydrogen-bond donors (Lipinski definition) is 1. The minimum Gasteiger partial charge on any atom is -0.391 e. The van der Waals surface area contributed by atoms with E-state index in [-0.39, 0.29) is 12.1 Å². The number of aliphatic hydroxyl groups excluding tert-OH is 1. The van der Waals surface area contributed by atoms with E-state index in [9.17, 15) is 9.90 Å². The lowest BCUT2D eigenvalue weighted by Crippen LogP contribution is -2.43. The molecule has 1 aromatic carbocycles. The quantitative estimate of drug-likeness (QED) is 0.834. The maximum atomic E-state index is 11.2. The fraction of sp³-hybridized carbons (Fsp3) is 0.533. The molecule has 0 radical (unpaired) electrons. The van der Waals surface area contributed by atoms with E-state index in [1.165, 1.54) is 0 Å². The number of aliphatic hydroxyl groups is 1. The van der Waals surface area contributed by atoms with Crippen molar-refractivity contribution in [1.82, 2.24) is 0 Å². The second-order valence-corrected chi connectivity index (χ2v) is 5.21. The van der Waals surface area contributed by atoms with E-state index in [1.54, 1.807) is 0 Å². The smallest absolute Gasteiger partial charge is 0.152 e. The number of rotatable bonds is 3. The molecule has 1 N–H and O–H groups in total. The molecule has 0 spiro atoms. The molecule has 0 bridgehead atoms. The summed E-state index contributed by atoms with van der Waals surface area (Å²) in [6.45, 7) is 1.98. The fourth-order valence-electron chi connectivity index (χ4n) is 2.81. The van der Waals surface area contributed by atoms with Crippen molar-refractivity contribution in [1.29, 1.82) is 0 Å². The monoisotopic (exact) mass is 247 g/mol. The summed E-state index contributed by atoms with van der Waals surface area (Å²) >= 11 is 0. The molecule has 1 aliphatic carbocycles. The Morgan fingerprint density at radius 2 is 2.06 bits per heavy atom. The molecule has 98 valence electrons. The van der Waals surface area contributed by atoms with Gasteiger partial charge in [0, 0.05) is 18.3 Å². The van der Waals surface area contributed by atoms with Gasteiger partial charge in [-0.1, -0.05) is 24.5 Å². The third-order valence-electron chi connectivity index (χ3n) is 3.88. The van der Waals surface area contributed by atoms with Crippen LogP contribution in [0.3, 0.4) is 0 Å². The Kier molecular flexibility index (Phi) is 4.02. The summed E-state index contributed by atoms with van der Waals surface area (Å²) in [7, 11) is 1.97. The maximum Gasteiger partial charge on any atom is 0.152 e. The standard InChI is InChI=1S/C15H21NO2/c1-11-7-8-13(12(9-11)10-17)16(2)14-5-3-4-6-15(14)18/h7-10,14-15,18H,3-6H2,1-2H3. The SMILES string of the molecule is Cc1ccc(N(C)C2CCCCC2O)c(C=O)c1. The number of likely N-dealkylation sites (N-methyl/N-ethyl adjacent to an activating group) is 1. The molecular formula is C15H21NO2. The molecule has 0 aliphatic heterocycles. The van der Waals surface area contributed by atoms with Gasteiger partial charge in [-0.05, 0) is 31.9 Å². The van der Waals surface area contributed by atoms with Crippen molar-refractivity contribution in [3.8, 4) is 0 Å². The van der Waals surface area contributed by atoms with E-state index in [1.807, 2.05) is 32.2 Å². The van der Waals surface area contributed by atoms with E-state index in [0.29, 0.717) is 5.56 Å². The van der Waals surface area contributed by atoms with Crippen LogP contribution in [0, 0.1) is 6.92 Å². The van der Waals surface area contributed by atoms with Crippen LogP contribution >= 0.6 is 0 Å². The zero-order valence-corrected chi connectivity index (χ0v) is 11.1. The second-order valence-electron chi connectivity index (χ2n) is 5.21. The number of aldehydes is 1. The van der Waals surface area contributed by atoms with E-state index in [4.69, 9.17) is 0 Å². The Hall–Kier alpha value is -1.35. The molecule has 3 nitrogen and oxygen atoms in total. The van der Waals surface area contributed by atoms with Crippen LogP contribution in [0.1, 0.15) is 41.6 Å². The Labute approximate surface area is 108 Å². The molecule has 2 rings (SSSR count). The number of carbonyl (C=O) groups excluding carboxylic acids is 1. The predicted octanol–water partition coefficient (Wildman–Crippen LogP) is 2.55. The lowest BCUT2D eigenvalue weighted by molar-refractivity contribution is 0.105. The summed E-state index contributed by atoms with van der Waals surface area (Å²) in [6.07, 6.45) is 4.70. The van der Waals surface area contributed by atoms with Gasteiger partial charge in [-0.3, -0.25) is 4.79 Å². The predicted molar refractivity (Wildman–Crippen MR) is 73.2 cm³/mol. The molecule has 1 aromatic rings. The molecule has 18 heavy (non-hydrogen) atoms. The van der Waals surface area contributed by atoms with Crippen LogP contribution in [0.25, 0.3) is 0 Å². The van der Waals surface area contributed by atoms with Crippen LogP contribution in [-0.4, -0.2) is 30.6 Å². The molecule has 1 fully saturated rings. The van der Waals surface area contributed by atoms with Gasteiger partial charge < -0.3 is 10.0 Å². The number of benzene rings is 1. The summed E-state index contributed by atoms with van der Waals surface area (Å²) in [6, 6.07) is 6.00. The average Bonchev–Trinajstić information content (AvgIpc) is 2.38. The largest absolute Gasteiger partial charge is 0.391 e. The highest BCUT2D eigenvalue weighted by atomic mass is 16.3. The topological polar surface area (TPSA) is 40.5 Å². The highest BCUT2D eigenvalue weighted by Gasteiger charge is 2.27. The normalized spacial score (nSPS) is 23.7. The molecule has 0 heterocycles. The minimum atomic E-state index is -0.287. The van der Waals surface area contributed by atoms with Crippen LogP contribution in [0.4, 0.5) is 5.69 Å². The van der Waals surface area contributed by atoms with Gasteiger partial charge >= 0.3 is 0 Å². The first-order chi connectivity index (χ1) is 8.63. The third-order valence-corrected chi connectivity index (χ3v) is 3.88. The van der Waals surface area contributed by atoms with Crippen molar-refractivity contribution >= 4 is 12.0 Å². The van der Waals surface area contributed by atoms with Crippen LogP contribution in [0.15, 0.2) is 18.2 Å². The van der Waals surface area contributed by atoms with Crippen LogP contribution < -0.4 is 4.90 Å². The lowest BCUT2D eigenvalue weighted by atomic mass is 9.91. The summed E-state index contributed by atoms with van der Waals surface area (Å²) in [4.78, 5) is 13.2. The second kappa shape index (κ2) is 5.53. The number of carbonyl (C=O) groups is 1. The van der Waals surface area contributed by atoms with Crippen molar-refractivity contribution in [3.63, 3.8) is 0 Å². The van der Waals surface area contributed by atoms with Gasteiger partial charge in [0.25, 0.3) is 0 Å². The van der Waals surface area contributed by atoms with Crippen LogP contribution in [-0.2, 0) is 0 Å². The van der Waals surface area contributed by atoms with E-state index >= 15 is 0 Å². The molecule has 2 unspecified atom stereocenters. The molecule has 0 amide bonds. The van der Waals surface area contributed by atoms with Crippen molar-refractivity contribution in [2.45, 2.75) is 44.8 Å². The number of hydrogen-bond acceptors (Lipinski definition) is 3. The summed E-state index contributed by atoms with van der Waals surface area (Å²) in [5.74, 6) is 0. The van der Waals surface area contributed by atoms with E-state index in [2.05, 4.69) is 4.90 Å². The first-order valence-electron chi connectivity index (χ1n) is 6.60. The van der Waals surface area contributed by atoms with Gasteiger partial charge in [0.15, 0.2) is 6.29 Å². The summed E-state index contributed by atoms with van der Waals surface area (Å²) in [5.41, 5.74) is 2.70. The molecule has 1 aliphatic rings. The first kappa shape index (κ1) is 13.1. The first-order valence-corrected chi connectivity index (χ1v) is 6.60. The molecule has 3 heteroatoms. The molecule has 2 atom stereocenters. The van der Waals surface area contributed by atoms with E-state index in [0.717, 1.165) is 43.2 Å². The zero-order valence-electron chi connectivity index (χ0n) is 11.1. The van der Waals surface area contributed by atoms with Crippen molar-refractivity contribution in [2.24, 2.45) is 0 Å². The van der Waals surface area contributed by atoms with Gasteiger partial charge in [-0.2, -0.15) is 0 Å². The Balaban J connectivity index is 2.27. The molecule has 1 saturated carbocycles. The van der Waals surface area contributed by atoms with Crippen molar-refractivity contribution in [2.75, 3.05) is 11.9 Å². The lowest BCUT2D eigenvalue weighted by Gasteiger charge is -2.37.